The van der Waals surface area contributed by atoms with Crippen molar-refractivity contribution >= 4 is 0 Å². The standard InChI is InChI=1S/C18H19N5/c1-3-7-15(8-4-1)13-22(16-11-12-16)14-18-19-20-21-23(18)17-9-5-2-6-10-17/h1-10,16H,11-14H2. The minimum Gasteiger partial charge on any atom is -0.289 e. The van der Waals surface area contributed by atoms with Gasteiger partial charge in [-0.3, -0.25) is 4.90 Å². The molecule has 4 rings (SSSR count). The van der Waals surface area contributed by atoms with Crippen molar-refractivity contribution in [3.8, 4) is 5.69 Å². The summed E-state index contributed by atoms with van der Waals surface area (Å²) in [5.41, 5.74) is 2.33. The van der Waals surface area contributed by atoms with Crippen molar-refractivity contribution in [1.82, 2.24) is 25.1 Å². The van der Waals surface area contributed by atoms with E-state index in [2.05, 4.69) is 50.8 Å². The summed E-state index contributed by atoms with van der Waals surface area (Å²) >= 11 is 0. The molecule has 0 unspecified atom stereocenters. The lowest BCUT2D eigenvalue weighted by Gasteiger charge is -2.21. The molecule has 1 saturated carbocycles. The molecular formula is C18H19N5. The third-order valence-corrected chi connectivity index (χ3v) is 4.17. The second-order valence-corrected chi connectivity index (χ2v) is 5.96. The molecule has 0 spiro atoms. The second-order valence-electron chi connectivity index (χ2n) is 5.96. The fourth-order valence-corrected chi connectivity index (χ4v) is 2.83. The predicted molar refractivity (Wildman–Crippen MR) is 87.9 cm³/mol. The maximum absolute atomic E-state index is 4.24. The van der Waals surface area contributed by atoms with Crippen LogP contribution in [0, 0.1) is 0 Å². The molecule has 1 heterocycles. The molecule has 1 aliphatic carbocycles. The molecule has 0 atom stereocenters. The summed E-state index contributed by atoms with van der Waals surface area (Å²) in [5.74, 6) is 0.888. The van der Waals surface area contributed by atoms with Crippen LogP contribution >= 0.6 is 0 Å². The molecule has 1 fully saturated rings. The van der Waals surface area contributed by atoms with Crippen molar-refractivity contribution < 1.29 is 0 Å². The first-order valence-electron chi connectivity index (χ1n) is 8.01. The highest BCUT2D eigenvalue weighted by Gasteiger charge is 2.30. The van der Waals surface area contributed by atoms with Gasteiger partial charge in [0.25, 0.3) is 0 Å². The van der Waals surface area contributed by atoms with Crippen LogP contribution in [0.3, 0.4) is 0 Å². The van der Waals surface area contributed by atoms with Gasteiger partial charge in [0.1, 0.15) is 0 Å². The number of aromatic nitrogens is 4. The van der Waals surface area contributed by atoms with Gasteiger partial charge in [-0.05, 0) is 41.0 Å². The van der Waals surface area contributed by atoms with E-state index in [0.717, 1.165) is 24.6 Å². The number of benzene rings is 2. The minimum atomic E-state index is 0.649. The summed E-state index contributed by atoms with van der Waals surface area (Å²) < 4.78 is 1.83. The Morgan fingerprint density at radius 3 is 2.30 bits per heavy atom. The van der Waals surface area contributed by atoms with Crippen LogP contribution in [0.15, 0.2) is 60.7 Å². The Hall–Kier alpha value is -2.53. The molecule has 2 aromatic carbocycles. The number of hydrogen-bond donors (Lipinski definition) is 0. The molecule has 3 aromatic rings. The van der Waals surface area contributed by atoms with Crippen molar-refractivity contribution in [1.29, 1.82) is 0 Å². The van der Waals surface area contributed by atoms with Crippen LogP contribution < -0.4 is 0 Å². The zero-order valence-corrected chi connectivity index (χ0v) is 12.9. The molecule has 1 aromatic heterocycles. The predicted octanol–water partition coefficient (Wildman–Crippen LogP) is 2.83. The third-order valence-electron chi connectivity index (χ3n) is 4.17. The molecule has 0 N–H and O–H groups in total. The summed E-state index contributed by atoms with van der Waals surface area (Å²) in [7, 11) is 0. The molecule has 0 aliphatic heterocycles. The molecule has 5 heteroatoms. The van der Waals surface area contributed by atoms with E-state index in [9.17, 15) is 0 Å². The average molecular weight is 305 g/mol. The second kappa shape index (κ2) is 6.30. The molecule has 116 valence electrons. The van der Waals surface area contributed by atoms with Crippen LogP contribution in [-0.2, 0) is 13.1 Å². The fraction of sp³-hybridized carbons (Fsp3) is 0.278. The van der Waals surface area contributed by atoms with Crippen molar-refractivity contribution in [2.24, 2.45) is 0 Å². The summed E-state index contributed by atoms with van der Waals surface area (Å²) in [6, 6.07) is 21.3. The minimum absolute atomic E-state index is 0.649. The highest BCUT2D eigenvalue weighted by Crippen LogP contribution is 2.29. The lowest BCUT2D eigenvalue weighted by Crippen LogP contribution is -2.26. The van der Waals surface area contributed by atoms with E-state index in [1.807, 2.05) is 35.0 Å². The normalized spacial score (nSPS) is 14.3. The van der Waals surface area contributed by atoms with E-state index >= 15 is 0 Å². The van der Waals surface area contributed by atoms with Crippen LogP contribution in [0.2, 0.25) is 0 Å². The van der Waals surface area contributed by atoms with Gasteiger partial charge in [0.15, 0.2) is 5.82 Å². The summed E-state index contributed by atoms with van der Waals surface area (Å²) in [6.07, 6.45) is 2.53. The number of para-hydroxylation sites is 1. The zero-order chi connectivity index (χ0) is 15.5. The van der Waals surface area contributed by atoms with Crippen molar-refractivity contribution in [2.45, 2.75) is 32.0 Å². The number of nitrogens with zero attached hydrogens (tertiary/aromatic N) is 5. The maximum atomic E-state index is 4.24. The van der Waals surface area contributed by atoms with Gasteiger partial charge < -0.3 is 0 Å². The summed E-state index contributed by atoms with van der Waals surface area (Å²) in [5, 5.41) is 12.3. The van der Waals surface area contributed by atoms with Gasteiger partial charge in [-0.2, -0.15) is 4.68 Å². The van der Waals surface area contributed by atoms with E-state index in [-0.39, 0.29) is 0 Å². The smallest absolute Gasteiger partial charge is 0.170 e. The average Bonchev–Trinajstić information content (AvgIpc) is 3.35. The highest BCUT2D eigenvalue weighted by atomic mass is 15.5. The Bertz CT molecular complexity index is 749. The number of rotatable bonds is 6. The van der Waals surface area contributed by atoms with Crippen LogP contribution in [0.5, 0.6) is 0 Å². The lowest BCUT2D eigenvalue weighted by molar-refractivity contribution is 0.237. The highest BCUT2D eigenvalue weighted by molar-refractivity contribution is 5.30. The van der Waals surface area contributed by atoms with Gasteiger partial charge in [0.05, 0.1) is 12.2 Å². The van der Waals surface area contributed by atoms with Crippen molar-refractivity contribution in [3.63, 3.8) is 0 Å². The van der Waals surface area contributed by atoms with E-state index in [1.165, 1.54) is 18.4 Å². The largest absolute Gasteiger partial charge is 0.289 e. The first-order valence-corrected chi connectivity index (χ1v) is 8.01. The molecule has 0 saturated heterocycles. The Balaban J connectivity index is 1.55. The van der Waals surface area contributed by atoms with Gasteiger partial charge >= 0.3 is 0 Å². The monoisotopic (exact) mass is 305 g/mol. The topological polar surface area (TPSA) is 46.8 Å². The Morgan fingerprint density at radius 2 is 1.61 bits per heavy atom. The van der Waals surface area contributed by atoms with Gasteiger partial charge in [0.2, 0.25) is 0 Å². The molecule has 0 amide bonds. The van der Waals surface area contributed by atoms with E-state index < -0.39 is 0 Å². The van der Waals surface area contributed by atoms with Crippen LogP contribution in [0.25, 0.3) is 5.69 Å². The molecular weight excluding hydrogens is 286 g/mol. The van der Waals surface area contributed by atoms with Gasteiger partial charge in [0, 0.05) is 12.6 Å². The van der Waals surface area contributed by atoms with Crippen LogP contribution in [0.1, 0.15) is 24.2 Å². The van der Waals surface area contributed by atoms with E-state index in [1.54, 1.807) is 0 Å². The summed E-state index contributed by atoms with van der Waals surface area (Å²) in [6.45, 7) is 1.70. The first kappa shape index (κ1) is 14.1. The van der Waals surface area contributed by atoms with Crippen molar-refractivity contribution in [3.05, 3.63) is 72.1 Å². The van der Waals surface area contributed by atoms with Gasteiger partial charge in [-0.15, -0.1) is 5.10 Å². The van der Waals surface area contributed by atoms with Gasteiger partial charge in [-0.1, -0.05) is 48.5 Å². The molecule has 5 nitrogen and oxygen atoms in total. The summed E-state index contributed by atoms with van der Waals surface area (Å²) in [4.78, 5) is 2.47. The Labute approximate surface area is 135 Å². The van der Waals surface area contributed by atoms with Gasteiger partial charge in [-0.25, -0.2) is 0 Å². The van der Waals surface area contributed by atoms with Crippen molar-refractivity contribution in [2.75, 3.05) is 0 Å². The molecule has 0 radical (unpaired) electrons. The number of hydrogen-bond acceptors (Lipinski definition) is 4. The molecule has 1 aliphatic rings. The van der Waals surface area contributed by atoms with Crippen LogP contribution in [0.4, 0.5) is 0 Å². The first-order chi connectivity index (χ1) is 11.4. The Kier molecular flexibility index (Phi) is 3.86. The molecule has 23 heavy (non-hydrogen) atoms. The van der Waals surface area contributed by atoms with Crippen LogP contribution in [-0.4, -0.2) is 31.1 Å². The quantitative estimate of drug-likeness (QED) is 0.702. The maximum Gasteiger partial charge on any atom is 0.170 e. The van der Waals surface area contributed by atoms with E-state index in [0.29, 0.717) is 6.04 Å². The number of tetrazole rings is 1. The fourth-order valence-electron chi connectivity index (χ4n) is 2.83. The zero-order valence-electron chi connectivity index (χ0n) is 12.9. The Morgan fingerprint density at radius 1 is 0.913 bits per heavy atom. The SMILES string of the molecule is c1ccc(CN(Cc2nnnn2-c2ccccc2)C2CC2)cc1. The third kappa shape index (κ3) is 3.29. The van der Waals surface area contributed by atoms with E-state index in [4.69, 9.17) is 0 Å². The molecule has 0 bridgehead atoms. The lowest BCUT2D eigenvalue weighted by atomic mass is 10.2.